The van der Waals surface area contributed by atoms with Crippen LogP contribution in [0.2, 0.25) is 0 Å². The lowest BCUT2D eigenvalue weighted by Crippen LogP contribution is -2.40. The summed E-state index contributed by atoms with van der Waals surface area (Å²) in [5.74, 6) is 0.612. The Kier molecular flexibility index (Phi) is 3.85. The van der Waals surface area contributed by atoms with Gasteiger partial charge in [0.15, 0.2) is 0 Å². The van der Waals surface area contributed by atoms with Crippen LogP contribution in [0.15, 0.2) is 0 Å². The van der Waals surface area contributed by atoms with Crippen LogP contribution in [0.3, 0.4) is 0 Å². The minimum atomic E-state index is 0.0138. The number of hydrogen-bond acceptors (Lipinski definition) is 3. The second-order valence-electron chi connectivity index (χ2n) is 5.29. The molecule has 3 atom stereocenters. The van der Waals surface area contributed by atoms with Gasteiger partial charge in [0.25, 0.3) is 0 Å². The fourth-order valence-corrected chi connectivity index (χ4v) is 2.73. The molecular formula is C13H23NO2. The average molecular weight is 225 g/mol. The van der Waals surface area contributed by atoms with Crippen molar-refractivity contribution in [1.29, 1.82) is 0 Å². The van der Waals surface area contributed by atoms with Gasteiger partial charge in [0.2, 0.25) is 0 Å². The number of esters is 1. The Morgan fingerprint density at radius 1 is 1.25 bits per heavy atom. The quantitative estimate of drug-likeness (QED) is 0.745. The summed E-state index contributed by atoms with van der Waals surface area (Å²) in [4.78, 5) is 11.7. The normalized spacial score (nSPS) is 34.8. The molecule has 2 saturated carbocycles. The summed E-state index contributed by atoms with van der Waals surface area (Å²) < 4.78 is 5.12. The fourth-order valence-electron chi connectivity index (χ4n) is 2.73. The van der Waals surface area contributed by atoms with Crippen LogP contribution in [0.5, 0.6) is 0 Å². The highest BCUT2D eigenvalue weighted by Crippen LogP contribution is 2.32. The van der Waals surface area contributed by atoms with Crippen LogP contribution in [0.1, 0.15) is 46.0 Å². The molecule has 3 nitrogen and oxygen atoms in total. The van der Waals surface area contributed by atoms with E-state index >= 15 is 0 Å². The van der Waals surface area contributed by atoms with Crippen molar-refractivity contribution in [2.24, 2.45) is 11.8 Å². The van der Waals surface area contributed by atoms with E-state index in [-0.39, 0.29) is 11.9 Å². The average Bonchev–Trinajstić information content (AvgIpc) is 3.02. The van der Waals surface area contributed by atoms with Gasteiger partial charge >= 0.3 is 5.97 Å². The second kappa shape index (κ2) is 5.17. The molecule has 1 N–H and O–H groups in total. The highest BCUT2D eigenvalue weighted by atomic mass is 16.5. The van der Waals surface area contributed by atoms with Crippen LogP contribution < -0.4 is 5.32 Å². The third kappa shape index (κ3) is 2.97. The molecule has 92 valence electrons. The van der Waals surface area contributed by atoms with E-state index < -0.39 is 0 Å². The van der Waals surface area contributed by atoms with E-state index in [2.05, 4.69) is 12.2 Å². The lowest BCUT2D eigenvalue weighted by Gasteiger charge is -2.33. The molecule has 16 heavy (non-hydrogen) atoms. The van der Waals surface area contributed by atoms with Crippen LogP contribution in [0.4, 0.5) is 0 Å². The molecule has 0 aromatic heterocycles. The lowest BCUT2D eigenvalue weighted by molar-refractivity contribution is -0.151. The van der Waals surface area contributed by atoms with Crippen molar-refractivity contribution in [3.8, 4) is 0 Å². The Hall–Kier alpha value is -0.570. The van der Waals surface area contributed by atoms with E-state index in [1.165, 1.54) is 12.8 Å². The molecule has 2 fully saturated rings. The largest absolute Gasteiger partial charge is 0.466 e. The molecule has 0 aromatic carbocycles. The third-order valence-corrected chi connectivity index (χ3v) is 3.81. The molecule has 2 aliphatic rings. The molecule has 2 aliphatic carbocycles. The van der Waals surface area contributed by atoms with Crippen molar-refractivity contribution in [2.45, 2.75) is 58.0 Å². The van der Waals surface area contributed by atoms with E-state index in [0.29, 0.717) is 18.6 Å². The van der Waals surface area contributed by atoms with Gasteiger partial charge in [-0.1, -0.05) is 6.92 Å². The maximum Gasteiger partial charge on any atom is 0.309 e. The third-order valence-electron chi connectivity index (χ3n) is 3.81. The summed E-state index contributed by atoms with van der Waals surface area (Å²) in [6.45, 7) is 4.57. The predicted octanol–water partition coefficient (Wildman–Crippen LogP) is 2.11. The van der Waals surface area contributed by atoms with Gasteiger partial charge < -0.3 is 10.1 Å². The van der Waals surface area contributed by atoms with Crippen LogP contribution >= 0.6 is 0 Å². The minimum Gasteiger partial charge on any atom is -0.466 e. The first kappa shape index (κ1) is 11.9. The highest BCUT2D eigenvalue weighted by molar-refractivity contribution is 5.72. The van der Waals surface area contributed by atoms with E-state index in [1.807, 2.05) is 6.92 Å². The summed E-state index contributed by atoms with van der Waals surface area (Å²) in [6, 6.07) is 1.41. The number of nitrogens with one attached hydrogen (secondary N) is 1. The lowest BCUT2D eigenvalue weighted by atomic mass is 9.78. The topological polar surface area (TPSA) is 38.3 Å². The molecule has 2 rings (SSSR count). The SMILES string of the molecule is CCOC(=O)C1CCC(NC2CC2)CC1C. The summed E-state index contributed by atoms with van der Waals surface area (Å²) in [5, 5.41) is 3.66. The summed E-state index contributed by atoms with van der Waals surface area (Å²) >= 11 is 0. The first-order valence-corrected chi connectivity index (χ1v) is 6.63. The Morgan fingerprint density at radius 2 is 1.94 bits per heavy atom. The van der Waals surface area contributed by atoms with E-state index in [9.17, 15) is 4.79 Å². The number of carbonyl (C=O) groups excluding carboxylic acids is 1. The van der Waals surface area contributed by atoms with Crippen molar-refractivity contribution >= 4 is 5.97 Å². The molecule has 0 radical (unpaired) electrons. The van der Waals surface area contributed by atoms with E-state index in [1.54, 1.807) is 0 Å². The van der Waals surface area contributed by atoms with Gasteiger partial charge in [0, 0.05) is 12.1 Å². The predicted molar refractivity (Wildman–Crippen MR) is 63.1 cm³/mol. The molecule has 0 heterocycles. The van der Waals surface area contributed by atoms with Crippen molar-refractivity contribution in [1.82, 2.24) is 5.32 Å². The van der Waals surface area contributed by atoms with Crippen LogP contribution in [-0.2, 0) is 9.53 Å². The molecule has 0 aromatic rings. The van der Waals surface area contributed by atoms with Crippen molar-refractivity contribution in [3.05, 3.63) is 0 Å². The van der Waals surface area contributed by atoms with Gasteiger partial charge in [-0.3, -0.25) is 4.79 Å². The zero-order valence-electron chi connectivity index (χ0n) is 10.4. The summed E-state index contributed by atoms with van der Waals surface area (Å²) in [6.07, 6.45) is 5.92. The smallest absolute Gasteiger partial charge is 0.309 e. The zero-order chi connectivity index (χ0) is 11.5. The number of carbonyl (C=O) groups is 1. The Labute approximate surface area is 97.9 Å². The molecule has 3 unspecified atom stereocenters. The number of hydrogen-bond donors (Lipinski definition) is 1. The first-order chi connectivity index (χ1) is 7.70. The fraction of sp³-hybridized carbons (Fsp3) is 0.923. The molecular weight excluding hydrogens is 202 g/mol. The molecule has 0 spiro atoms. The highest BCUT2D eigenvalue weighted by Gasteiger charge is 2.35. The number of ether oxygens (including phenoxy) is 1. The molecule has 0 amide bonds. The van der Waals surface area contributed by atoms with Gasteiger partial charge in [-0.25, -0.2) is 0 Å². The second-order valence-corrected chi connectivity index (χ2v) is 5.29. The minimum absolute atomic E-state index is 0.0138. The number of rotatable bonds is 4. The van der Waals surface area contributed by atoms with Crippen LogP contribution in [-0.4, -0.2) is 24.7 Å². The molecule has 3 heteroatoms. The maximum atomic E-state index is 11.7. The standard InChI is InChI=1S/C13H23NO2/c1-3-16-13(15)12-7-6-11(8-9(12)2)14-10-4-5-10/h9-12,14H,3-8H2,1-2H3. The molecule has 0 saturated heterocycles. The van der Waals surface area contributed by atoms with Crippen molar-refractivity contribution < 1.29 is 9.53 Å². The monoisotopic (exact) mass is 225 g/mol. The Balaban J connectivity index is 1.79. The van der Waals surface area contributed by atoms with Gasteiger partial charge in [0.05, 0.1) is 12.5 Å². The van der Waals surface area contributed by atoms with E-state index in [4.69, 9.17) is 4.74 Å². The van der Waals surface area contributed by atoms with Gasteiger partial charge in [0.1, 0.15) is 0 Å². The maximum absolute atomic E-state index is 11.7. The van der Waals surface area contributed by atoms with Gasteiger partial charge in [-0.05, 0) is 44.9 Å². The first-order valence-electron chi connectivity index (χ1n) is 6.63. The van der Waals surface area contributed by atoms with Crippen LogP contribution in [0.25, 0.3) is 0 Å². The van der Waals surface area contributed by atoms with Crippen molar-refractivity contribution in [2.75, 3.05) is 6.61 Å². The van der Waals surface area contributed by atoms with E-state index in [0.717, 1.165) is 25.3 Å². The Morgan fingerprint density at radius 3 is 2.50 bits per heavy atom. The van der Waals surface area contributed by atoms with Crippen molar-refractivity contribution in [3.63, 3.8) is 0 Å². The molecule has 0 bridgehead atoms. The Bertz CT molecular complexity index is 250. The van der Waals surface area contributed by atoms with Gasteiger partial charge in [-0.15, -0.1) is 0 Å². The molecule has 0 aliphatic heterocycles. The summed E-state index contributed by atoms with van der Waals surface area (Å²) in [5.41, 5.74) is 0. The van der Waals surface area contributed by atoms with Crippen LogP contribution in [0, 0.1) is 11.8 Å². The summed E-state index contributed by atoms with van der Waals surface area (Å²) in [7, 11) is 0. The van der Waals surface area contributed by atoms with Gasteiger partial charge in [-0.2, -0.15) is 0 Å². The zero-order valence-corrected chi connectivity index (χ0v) is 10.4.